The van der Waals surface area contributed by atoms with Crippen LogP contribution in [0.15, 0.2) is 54.7 Å². The van der Waals surface area contributed by atoms with Gasteiger partial charge in [-0.25, -0.2) is 5.43 Å². The fourth-order valence-electron chi connectivity index (χ4n) is 10.4. The molecule has 2 saturated heterocycles. The van der Waals surface area contributed by atoms with Gasteiger partial charge in [0.05, 0.1) is 24.1 Å². The van der Waals surface area contributed by atoms with Gasteiger partial charge in [-0.3, -0.25) is 29.2 Å². The lowest BCUT2D eigenvalue weighted by atomic mass is 9.84. The number of aromatic nitrogens is 2. The zero-order valence-electron chi connectivity index (χ0n) is 37.9. The molecule has 7 atom stereocenters. The third-order valence-corrected chi connectivity index (χ3v) is 13.7. The van der Waals surface area contributed by atoms with Crippen LogP contribution in [0, 0.1) is 29.1 Å². The highest BCUT2D eigenvalue weighted by molar-refractivity contribution is 5.96. The maximum absolute atomic E-state index is 14.7. The summed E-state index contributed by atoms with van der Waals surface area (Å²) >= 11 is 0. The van der Waals surface area contributed by atoms with Gasteiger partial charge in [0.1, 0.15) is 23.9 Å². The molecule has 1 aliphatic carbocycles. The molecular formula is C49H63N7O7. The number of hydrazine groups is 1. The Morgan fingerprint density at radius 2 is 1.84 bits per heavy atom. The number of carbonyl (C=O) groups is 4. The number of likely N-dealkylation sites (N-methyl/N-ethyl adjacent to an activating group) is 1. The number of phenolic OH excluding ortho intramolecular Hbond substituents is 1. The highest BCUT2D eigenvalue weighted by Gasteiger charge is 2.58. The number of nitrogens with zero attached hydrogens (tertiary/aromatic N) is 4. The first-order valence-electron chi connectivity index (χ1n) is 22.6. The minimum atomic E-state index is -1.10. The van der Waals surface area contributed by atoms with Crippen LogP contribution >= 0.6 is 0 Å². The number of rotatable bonds is 9. The summed E-state index contributed by atoms with van der Waals surface area (Å²) in [6, 6.07) is 12.9. The van der Waals surface area contributed by atoms with E-state index >= 15 is 0 Å². The molecule has 4 N–H and O–H groups in total. The van der Waals surface area contributed by atoms with Gasteiger partial charge in [-0.2, -0.15) is 0 Å². The minimum absolute atomic E-state index is 0.0185. The highest BCUT2D eigenvalue weighted by Crippen LogP contribution is 2.50. The highest BCUT2D eigenvalue weighted by atomic mass is 16.5. The average molecular weight is 862 g/mol. The van der Waals surface area contributed by atoms with Gasteiger partial charge in [0.2, 0.25) is 11.8 Å². The van der Waals surface area contributed by atoms with Crippen LogP contribution in [0.4, 0.5) is 0 Å². The fourth-order valence-corrected chi connectivity index (χ4v) is 10.4. The summed E-state index contributed by atoms with van der Waals surface area (Å²) in [7, 11) is 3.36. The number of amides is 3. The zero-order chi connectivity index (χ0) is 44.9. The van der Waals surface area contributed by atoms with Crippen LogP contribution < -0.4 is 16.1 Å². The lowest BCUT2D eigenvalue weighted by Crippen LogP contribution is -2.62. The van der Waals surface area contributed by atoms with E-state index in [0.29, 0.717) is 37.9 Å². The normalized spacial score (nSPS) is 24.3. The molecule has 4 aromatic rings. The summed E-state index contributed by atoms with van der Waals surface area (Å²) < 4.78 is 14.2. The largest absolute Gasteiger partial charge is 0.508 e. The quantitative estimate of drug-likeness (QED) is 0.160. The molecule has 63 heavy (non-hydrogen) atoms. The number of ether oxygens (including phenoxy) is 2. The third kappa shape index (κ3) is 8.69. The van der Waals surface area contributed by atoms with E-state index in [1.54, 1.807) is 37.4 Å². The molecule has 0 spiro atoms. The number of fused-ring (bicyclic) bond motifs is 7. The van der Waals surface area contributed by atoms with E-state index in [0.717, 1.165) is 57.6 Å². The number of methoxy groups -OCH3 is 1. The van der Waals surface area contributed by atoms with Crippen LogP contribution in [-0.4, -0.2) is 107 Å². The Morgan fingerprint density at radius 1 is 1.08 bits per heavy atom. The smallest absolute Gasteiger partial charge is 0.324 e. The molecule has 0 radical (unpaired) electrons. The van der Waals surface area contributed by atoms with Crippen molar-refractivity contribution >= 4 is 34.6 Å². The summed E-state index contributed by atoms with van der Waals surface area (Å²) in [5.41, 5.74) is 9.76. The summed E-state index contributed by atoms with van der Waals surface area (Å²) in [5, 5.41) is 20.1. The van der Waals surface area contributed by atoms with Crippen molar-refractivity contribution in [3.63, 3.8) is 0 Å². The van der Waals surface area contributed by atoms with Gasteiger partial charge < -0.3 is 34.7 Å². The number of aromatic hydroxyl groups is 1. The molecule has 8 rings (SSSR count). The first-order chi connectivity index (χ1) is 30.1. The van der Waals surface area contributed by atoms with Crippen molar-refractivity contribution in [2.24, 2.45) is 29.1 Å². The van der Waals surface area contributed by atoms with Crippen molar-refractivity contribution in [3.8, 4) is 28.1 Å². The molecule has 3 fully saturated rings. The summed E-state index contributed by atoms with van der Waals surface area (Å²) in [6.07, 6.45) is 3.12. The molecule has 5 heterocycles. The number of piperidine rings is 1. The fraction of sp³-hybridized carbons (Fsp3) is 0.531. The Balaban J connectivity index is 1.22. The number of esters is 1. The van der Waals surface area contributed by atoms with E-state index in [9.17, 15) is 24.3 Å². The molecule has 4 aliphatic rings. The van der Waals surface area contributed by atoms with Crippen LogP contribution in [0.2, 0.25) is 0 Å². The van der Waals surface area contributed by atoms with Crippen LogP contribution in [0.25, 0.3) is 33.3 Å². The molecule has 1 unspecified atom stereocenters. The first kappa shape index (κ1) is 44.3. The topological polar surface area (TPSA) is 167 Å². The van der Waals surface area contributed by atoms with Gasteiger partial charge in [-0.15, -0.1) is 0 Å². The van der Waals surface area contributed by atoms with E-state index < -0.39 is 41.3 Å². The number of carbonyl (C=O) groups excluding carboxylic acids is 4. The van der Waals surface area contributed by atoms with Crippen molar-refractivity contribution in [1.82, 2.24) is 35.5 Å². The minimum Gasteiger partial charge on any atom is -0.508 e. The molecule has 2 aromatic carbocycles. The molecule has 336 valence electrons. The summed E-state index contributed by atoms with van der Waals surface area (Å²) in [4.78, 5) is 63.1. The molecule has 3 aliphatic heterocycles. The van der Waals surface area contributed by atoms with Crippen LogP contribution in [-0.2, 0) is 48.0 Å². The van der Waals surface area contributed by atoms with Gasteiger partial charge in [0.25, 0.3) is 5.91 Å². The predicted molar refractivity (Wildman–Crippen MR) is 240 cm³/mol. The molecule has 6 bridgehead atoms. The monoisotopic (exact) mass is 861 g/mol. The SMILES string of the molecule is CCn1c(-c2cccnc2[C@H](C)OC)c2c3cc(ccc31)-c1cc(O)cc(c1)C[C@H](NC(=O)C(C(C)C)N(C)C(=O)[C@@H]1[C@@H]3CNC[C@@H]31)C(=O)N1CCC[C@H](N1)C(=O)OCC(C)(C)C2. The van der Waals surface area contributed by atoms with E-state index in [4.69, 9.17) is 14.5 Å². The Kier molecular flexibility index (Phi) is 12.4. The Morgan fingerprint density at radius 3 is 2.56 bits per heavy atom. The van der Waals surface area contributed by atoms with Gasteiger partial charge in [0, 0.05) is 67.7 Å². The number of cyclic esters (lactones) is 1. The Hall–Kier alpha value is -5.31. The number of benzene rings is 2. The van der Waals surface area contributed by atoms with E-state index in [1.807, 2.05) is 39.0 Å². The van der Waals surface area contributed by atoms with Gasteiger partial charge in [-0.05, 0) is 123 Å². The molecule has 14 nitrogen and oxygen atoms in total. The number of hydrogen-bond donors (Lipinski definition) is 4. The van der Waals surface area contributed by atoms with Crippen molar-refractivity contribution in [1.29, 1.82) is 0 Å². The lowest BCUT2D eigenvalue weighted by molar-refractivity contribution is -0.155. The van der Waals surface area contributed by atoms with Crippen molar-refractivity contribution in [2.75, 3.05) is 40.4 Å². The molecular weight excluding hydrogens is 799 g/mol. The first-order valence-corrected chi connectivity index (χ1v) is 22.6. The molecule has 2 aromatic heterocycles. The Labute approximate surface area is 370 Å². The predicted octanol–water partition coefficient (Wildman–Crippen LogP) is 5.40. The number of phenols is 1. The number of pyridine rings is 1. The lowest BCUT2D eigenvalue weighted by Gasteiger charge is -2.37. The van der Waals surface area contributed by atoms with Crippen LogP contribution in [0.5, 0.6) is 5.75 Å². The van der Waals surface area contributed by atoms with E-state index in [-0.39, 0.29) is 54.5 Å². The number of aryl methyl sites for hydroxylation is 1. The second kappa shape index (κ2) is 17.7. The molecule has 14 heteroatoms. The van der Waals surface area contributed by atoms with Gasteiger partial charge in [0.15, 0.2) is 0 Å². The maximum Gasteiger partial charge on any atom is 0.324 e. The van der Waals surface area contributed by atoms with Crippen LogP contribution in [0.3, 0.4) is 0 Å². The molecule has 3 amide bonds. The third-order valence-electron chi connectivity index (χ3n) is 13.7. The number of nitrogens with one attached hydrogen (secondary N) is 3. The van der Waals surface area contributed by atoms with Crippen molar-refractivity contribution in [2.45, 2.75) is 98.0 Å². The standard InChI is InChI=1S/C49H63N7O7/c1-9-55-40-15-14-30-22-34(40)35(44(55)33-12-10-16-51-42(33)28(4)62-8)23-49(5,6)26-63-48(61)38-13-11-17-56(53-38)46(59)39(20-29-18-31(30)21-32(57)19-29)52-45(58)43(27(2)3)54(7)47(60)41-36-24-50-25-37(36)41/h10,12,14-16,18-19,21-22,27-28,36-39,41,43,50,53,57H,9,11,13,17,20,23-26H2,1-8H3,(H,52,58)/t28-,36-,37+,38-,39-,41-,43?/m0/s1. The van der Waals surface area contributed by atoms with Crippen molar-refractivity contribution in [3.05, 3.63) is 71.5 Å². The van der Waals surface area contributed by atoms with E-state index in [2.05, 4.69) is 59.6 Å². The second-order valence-electron chi connectivity index (χ2n) is 19.2. The van der Waals surface area contributed by atoms with Crippen molar-refractivity contribution < 1.29 is 33.8 Å². The summed E-state index contributed by atoms with van der Waals surface area (Å²) in [5.74, 6) is -1.14. The zero-order valence-corrected chi connectivity index (χ0v) is 37.9. The Bertz CT molecular complexity index is 2400. The second-order valence-corrected chi connectivity index (χ2v) is 19.2. The maximum atomic E-state index is 14.7. The molecule has 1 saturated carbocycles. The number of hydrogen-bond acceptors (Lipinski definition) is 10. The van der Waals surface area contributed by atoms with E-state index in [1.165, 1.54) is 5.01 Å². The van der Waals surface area contributed by atoms with Gasteiger partial charge >= 0.3 is 5.97 Å². The van der Waals surface area contributed by atoms with Gasteiger partial charge in [-0.1, -0.05) is 39.8 Å². The van der Waals surface area contributed by atoms with Crippen LogP contribution in [0.1, 0.15) is 77.3 Å². The summed E-state index contributed by atoms with van der Waals surface area (Å²) in [6.45, 7) is 14.8. The average Bonchev–Trinajstić information content (AvgIpc) is 3.57.